The van der Waals surface area contributed by atoms with Crippen LogP contribution in [0, 0.1) is 0 Å². The second-order valence-corrected chi connectivity index (χ2v) is 4.65. The topological polar surface area (TPSA) is 65.2 Å². The number of esters is 1. The molecule has 0 radical (unpaired) electrons. The molecule has 1 heterocycles. The Morgan fingerprint density at radius 2 is 1.81 bits per heavy atom. The normalized spacial score (nSPS) is 10.5. The van der Waals surface area contributed by atoms with E-state index >= 15 is 0 Å². The van der Waals surface area contributed by atoms with Crippen LogP contribution in [-0.2, 0) is 11.3 Å². The Hall–Kier alpha value is -2.88. The van der Waals surface area contributed by atoms with Gasteiger partial charge in [-0.15, -0.1) is 0 Å². The van der Waals surface area contributed by atoms with Crippen molar-refractivity contribution in [2.24, 2.45) is 0 Å². The highest BCUT2D eigenvalue weighted by molar-refractivity contribution is 5.95. The molecule has 0 spiro atoms. The lowest BCUT2D eigenvalue weighted by molar-refractivity contribution is 0.0475. The summed E-state index contributed by atoms with van der Waals surface area (Å²) in [6.07, 6.45) is 1.71. The summed E-state index contributed by atoms with van der Waals surface area (Å²) < 4.78 is 5.36. The summed E-state index contributed by atoms with van der Waals surface area (Å²) in [5, 5.41) is 0.980. The van der Waals surface area contributed by atoms with Crippen LogP contribution >= 0.6 is 0 Å². The van der Waals surface area contributed by atoms with Gasteiger partial charge in [0.25, 0.3) is 0 Å². The third-order valence-electron chi connectivity index (χ3n) is 3.28. The number of benzene rings is 2. The number of anilines is 1. The van der Waals surface area contributed by atoms with E-state index < -0.39 is 5.97 Å². The molecular formula is C17H14N2O2. The van der Waals surface area contributed by atoms with E-state index in [0.717, 1.165) is 16.5 Å². The molecule has 4 heteroatoms. The number of nitrogens with zero attached hydrogens (tertiary/aromatic N) is 1. The van der Waals surface area contributed by atoms with Gasteiger partial charge < -0.3 is 10.5 Å². The van der Waals surface area contributed by atoms with Gasteiger partial charge in [0.2, 0.25) is 0 Å². The van der Waals surface area contributed by atoms with Crippen molar-refractivity contribution in [1.82, 2.24) is 4.98 Å². The van der Waals surface area contributed by atoms with Crippen LogP contribution < -0.4 is 5.73 Å². The number of rotatable bonds is 3. The minimum atomic E-state index is -0.422. The molecule has 0 aliphatic heterocycles. The monoisotopic (exact) mass is 278 g/mol. The van der Waals surface area contributed by atoms with Gasteiger partial charge in [-0.25, -0.2) is 4.79 Å². The molecule has 0 unspecified atom stereocenters. The van der Waals surface area contributed by atoms with Crippen molar-refractivity contribution >= 4 is 22.6 Å². The van der Waals surface area contributed by atoms with E-state index in [1.165, 1.54) is 0 Å². The maximum absolute atomic E-state index is 12.1. The highest BCUT2D eigenvalue weighted by Gasteiger charge is 2.11. The average molecular weight is 278 g/mol. The van der Waals surface area contributed by atoms with Crippen LogP contribution in [0.4, 0.5) is 5.69 Å². The predicted octanol–water partition coefficient (Wildman–Crippen LogP) is 3.17. The van der Waals surface area contributed by atoms with E-state index in [1.807, 2.05) is 30.3 Å². The number of hydrogen-bond acceptors (Lipinski definition) is 4. The van der Waals surface area contributed by atoms with E-state index in [2.05, 4.69) is 4.98 Å². The molecule has 0 aliphatic rings. The van der Waals surface area contributed by atoms with Crippen molar-refractivity contribution in [1.29, 1.82) is 0 Å². The number of nitrogen functional groups attached to an aromatic ring is 1. The number of aromatic nitrogens is 1. The Kier molecular flexibility index (Phi) is 3.51. The molecule has 0 atom stereocenters. The van der Waals surface area contributed by atoms with Crippen LogP contribution in [0.3, 0.4) is 0 Å². The molecule has 0 fully saturated rings. The van der Waals surface area contributed by atoms with Crippen molar-refractivity contribution in [3.05, 3.63) is 71.9 Å². The predicted molar refractivity (Wildman–Crippen MR) is 81.7 cm³/mol. The van der Waals surface area contributed by atoms with Crippen molar-refractivity contribution in [2.45, 2.75) is 6.61 Å². The SMILES string of the molecule is Nc1ccccc1C(=O)OCc1ccnc2ccccc12. The first-order chi connectivity index (χ1) is 10.3. The number of nitrogens with two attached hydrogens (primary N) is 1. The Bertz CT molecular complexity index is 794. The molecule has 4 nitrogen and oxygen atoms in total. The quantitative estimate of drug-likeness (QED) is 0.590. The average Bonchev–Trinajstić information content (AvgIpc) is 2.53. The molecule has 0 aliphatic carbocycles. The zero-order valence-electron chi connectivity index (χ0n) is 11.3. The second-order valence-electron chi connectivity index (χ2n) is 4.65. The van der Waals surface area contributed by atoms with Gasteiger partial charge in [-0.3, -0.25) is 4.98 Å². The minimum Gasteiger partial charge on any atom is -0.457 e. The Labute approximate surface area is 122 Å². The summed E-state index contributed by atoms with van der Waals surface area (Å²) in [6, 6.07) is 16.5. The number of hydrogen-bond donors (Lipinski definition) is 1. The van der Waals surface area contributed by atoms with Crippen LogP contribution in [0.1, 0.15) is 15.9 Å². The Balaban J connectivity index is 1.81. The lowest BCUT2D eigenvalue weighted by Gasteiger charge is -2.08. The Morgan fingerprint density at radius 1 is 1.05 bits per heavy atom. The van der Waals surface area contributed by atoms with Gasteiger partial charge in [0.15, 0.2) is 0 Å². The summed E-state index contributed by atoms with van der Waals surface area (Å²) in [7, 11) is 0. The maximum atomic E-state index is 12.1. The van der Waals surface area contributed by atoms with Gasteiger partial charge in [0.05, 0.1) is 11.1 Å². The van der Waals surface area contributed by atoms with Crippen LogP contribution in [0.5, 0.6) is 0 Å². The molecule has 0 bridgehead atoms. The van der Waals surface area contributed by atoms with Crippen molar-refractivity contribution < 1.29 is 9.53 Å². The zero-order chi connectivity index (χ0) is 14.7. The van der Waals surface area contributed by atoms with Crippen LogP contribution in [0.25, 0.3) is 10.9 Å². The number of carbonyl (C=O) groups is 1. The molecule has 0 saturated heterocycles. The lowest BCUT2D eigenvalue weighted by Crippen LogP contribution is -2.08. The molecule has 0 amide bonds. The van der Waals surface area contributed by atoms with E-state index in [1.54, 1.807) is 30.5 Å². The van der Waals surface area contributed by atoms with Crippen LogP contribution in [0.2, 0.25) is 0 Å². The largest absolute Gasteiger partial charge is 0.457 e. The Morgan fingerprint density at radius 3 is 2.67 bits per heavy atom. The lowest BCUT2D eigenvalue weighted by atomic mass is 10.1. The number of ether oxygens (including phenoxy) is 1. The van der Waals surface area contributed by atoms with Crippen molar-refractivity contribution in [3.8, 4) is 0 Å². The molecule has 1 aromatic heterocycles. The summed E-state index contributed by atoms with van der Waals surface area (Å²) in [6.45, 7) is 0.191. The number of pyridine rings is 1. The van der Waals surface area contributed by atoms with Gasteiger partial charge in [0.1, 0.15) is 6.61 Å². The molecule has 3 aromatic rings. The van der Waals surface area contributed by atoms with Crippen LogP contribution in [-0.4, -0.2) is 11.0 Å². The van der Waals surface area contributed by atoms with E-state index in [4.69, 9.17) is 10.5 Å². The number of carbonyl (C=O) groups excluding carboxylic acids is 1. The molecule has 2 aromatic carbocycles. The standard InChI is InChI=1S/C17H14N2O2/c18-15-7-3-1-6-14(15)17(20)21-11-12-9-10-19-16-8-4-2-5-13(12)16/h1-10H,11,18H2. The van der Waals surface area contributed by atoms with E-state index in [-0.39, 0.29) is 6.61 Å². The third kappa shape index (κ3) is 2.69. The minimum absolute atomic E-state index is 0.191. The van der Waals surface area contributed by atoms with Crippen molar-refractivity contribution in [2.75, 3.05) is 5.73 Å². The number of para-hydroxylation sites is 2. The highest BCUT2D eigenvalue weighted by Crippen LogP contribution is 2.18. The van der Waals surface area contributed by atoms with Crippen molar-refractivity contribution in [3.63, 3.8) is 0 Å². The molecular weight excluding hydrogens is 264 g/mol. The molecule has 104 valence electrons. The fourth-order valence-electron chi connectivity index (χ4n) is 2.18. The number of fused-ring (bicyclic) bond motifs is 1. The highest BCUT2D eigenvalue weighted by atomic mass is 16.5. The van der Waals surface area contributed by atoms with E-state index in [0.29, 0.717) is 11.3 Å². The first-order valence-electron chi connectivity index (χ1n) is 6.60. The summed E-state index contributed by atoms with van der Waals surface area (Å²) in [5.41, 5.74) is 8.37. The van der Waals surface area contributed by atoms with Gasteiger partial charge in [0, 0.05) is 22.8 Å². The summed E-state index contributed by atoms with van der Waals surface area (Å²) in [4.78, 5) is 16.3. The van der Waals surface area contributed by atoms with Gasteiger partial charge >= 0.3 is 5.97 Å². The molecule has 3 rings (SSSR count). The first-order valence-corrected chi connectivity index (χ1v) is 6.60. The van der Waals surface area contributed by atoms with Crippen LogP contribution in [0.15, 0.2) is 60.8 Å². The fourth-order valence-corrected chi connectivity index (χ4v) is 2.18. The maximum Gasteiger partial charge on any atom is 0.340 e. The second kappa shape index (κ2) is 5.63. The molecule has 0 saturated carbocycles. The molecule has 2 N–H and O–H groups in total. The molecule has 21 heavy (non-hydrogen) atoms. The third-order valence-corrected chi connectivity index (χ3v) is 3.28. The first kappa shape index (κ1) is 13.1. The fraction of sp³-hybridized carbons (Fsp3) is 0.0588. The smallest absolute Gasteiger partial charge is 0.340 e. The zero-order valence-corrected chi connectivity index (χ0v) is 11.3. The van der Waals surface area contributed by atoms with Gasteiger partial charge in [-0.2, -0.15) is 0 Å². The summed E-state index contributed by atoms with van der Waals surface area (Å²) >= 11 is 0. The van der Waals surface area contributed by atoms with Gasteiger partial charge in [-0.05, 0) is 24.3 Å². The summed E-state index contributed by atoms with van der Waals surface area (Å²) in [5.74, 6) is -0.422. The van der Waals surface area contributed by atoms with E-state index in [9.17, 15) is 4.79 Å². The van der Waals surface area contributed by atoms with Gasteiger partial charge in [-0.1, -0.05) is 30.3 Å².